The maximum Gasteiger partial charge on any atom is 0.123 e. The van der Waals surface area contributed by atoms with Crippen molar-refractivity contribution < 1.29 is 4.39 Å². The molecular weight excluding hydrogens is 273 g/mol. The van der Waals surface area contributed by atoms with Crippen molar-refractivity contribution in [1.29, 1.82) is 0 Å². The number of nitrogens with zero attached hydrogens (tertiary/aromatic N) is 2. The fourth-order valence-corrected chi connectivity index (χ4v) is 1.88. The van der Waals surface area contributed by atoms with Gasteiger partial charge in [-0.25, -0.2) is 4.39 Å². The second-order valence-electron chi connectivity index (χ2n) is 3.27. The summed E-state index contributed by atoms with van der Waals surface area (Å²) in [6.45, 7) is 0. The summed E-state index contributed by atoms with van der Waals surface area (Å²) >= 11 is 3.33. The number of rotatable bonds is 2. The average molecular weight is 282 g/mol. The van der Waals surface area contributed by atoms with E-state index in [9.17, 15) is 4.39 Å². The molecule has 5 heteroatoms. The Morgan fingerprint density at radius 3 is 2.81 bits per heavy atom. The van der Waals surface area contributed by atoms with Gasteiger partial charge in [0, 0.05) is 16.9 Å². The highest BCUT2D eigenvalue weighted by Gasteiger charge is 2.14. The molecule has 0 saturated carbocycles. The number of benzene rings is 1. The van der Waals surface area contributed by atoms with Crippen molar-refractivity contribution in [2.24, 2.45) is 5.73 Å². The Balaban J connectivity index is 2.41. The van der Waals surface area contributed by atoms with E-state index < -0.39 is 6.04 Å². The third kappa shape index (κ3) is 2.25. The maximum atomic E-state index is 13.1. The lowest BCUT2D eigenvalue weighted by Gasteiger charge is -2.12. The fourth-order valence-electron chi connectivity index (χ4n) is 1.38. The molecule has 16 heavy (non-hydrogen) atoms. The van der Waals surface area contributed by atoms with E-state index in [-0.39, 0.29) is 5.82 Å². The molecule has 1 heterocycles. The van der Waals surface area contributed by atoms with Crippen LogP contribution in [-0.2, 0) is 0 Å². The number of halogens is 2. The van der Waals surface area contributed by atoms with Crippen LogP contribution in [0.25, 0.3) is 0 Å². The Morgan fingerprint density at radius 1 is 1.31 bits per heavy atom. The third-order valence-corrected chi connectivity index (χ3v) is 2.92. The molecular formula is C11H9BrFN3. The lowest BCUT2D eigenvalue weighted by Crippen LogP contribution is -2.14. The highest BCUT2D eigenvalue weighted by molar-refractivity contribution is 9.10. The Kier molecular flexibility index (Phi) is 3.26. The van der Waals surface area contributed by atoms with Crippen LogP contribution in [0, 0.1) is 5.82 Å². The summed E-state index contributed by atoms with van der Waals surface area (Å²) in [5.41, 5.74) is 7.25. The summed E-state index contributed by atoms with van der Waals surface area (Å²) in [7, 11) is 0. The fraction of sp³-hybridized carbons (Fsp3) is 0.0909. The number of aromatic nitrogens is 2. The molecule has 2 N–H and O–H groups in total. The molecule has 0 aliphatic rings. The smallest absolute Gasteiger partial charge is 0.123 e. The van der Waals surface area contributed by atoms with Gasteiger partial charge in [0.05, 0.1) is 17.9 Å². The minimum atomic E-state index is -0.487. The molecule has 3 nitrogen and oxygen atoms in total. The molecule has 0 spiro atoms. The molecule has 82 valence electrons. The molecule has 0 saturated heterocycles. The van der Waals surface area contributed by atoms with Crippen LogP contribution in [0.5, 0.6) is 0 Å². The predicted octanol–water partition coefficient (Wildman–Crippen LogP) is 2.43. The molecule has 1 aromatic heterocycles. The van der Waals surface area contributed by atoms with Gasteiger partial charge in [0.2, 0.25) is 0 Å². The van der Waals surface area contributed by atoms with Gasteiger partial charge in [0.15, 0.2) is 0 Å². The second kappa shape index (κ2) is 4.67. The quantitative estimate of drug-likeness (QED) is 0.920. The lowest BCUT2D eigenvalue weighted by atomic mass is 10.1. The van der Waals surface area contributed by atoms with Crippen molar-refractivity contribution in [2.75, 3.05) is 0 Å². The second-order valence-corrected chi connectivity index (χ2v) is 4.13. The van der Waals surface area contributed by atoms with E-state index in [0.717, 1.165) is 4.47 Å². The SMILES string of the molecule is NC(c1cnccn1)c1cc(F)ccc1Br. The third-order valence-electron chi connectivity index (χ3n) is 2.19. The van der Waals surface area contributed by atoms with Gasteiger partial charge in [-0.2, -0.15) is 0 Å². The first-order valence-corrected chi connectivity index (χ1v) is 5.44. The summed E-state index contributed by atoms with van der Waals surface area (Å²) in [5, 5.41) is 0. The molecule has 2 rings (SSSR count). The zero-order chi connectivity index (χ0) is 11.5. The van der Waals surface area contributed by atoms with E-state index in [2.05, 4.69) is 25.9 Å². The Hall–Kier alpha value is -1.33. The van der Waals surface area contributed by atoms with E-state index in [1.54, 1.807) is 24.7 Å². The largest absolute Gasteiger partial charge is 0.319 e. The van der Waals surface area contributed by atoms with Crippen LogP contribution < -0.4 is 5.73 Å². The lowest BCUT2D eigenvalue weighted by molar-refractivity contribution is 0.622. The van der Waals surface area contributed by atoms with Crippen LogP contribution in [0.1, 0.15) is 17.3 Å². The zero-order valence-corrected chi connectivity index (χ0v) is 9.86. The van der Waals surface area contributed by atoms with Gasteiger partial charge in [-0.15, -0.1) is 0 Å². The van der Waals surface area contributed by atoms with E-state index >= 15 is 0 Å². The van der Waals surface area contributed by atoms with Gasteiger partial charge >= 0.3 is 0 Å². The topological polar surface area (TPSA) is 51.8 Å². The van der Waals surface area contributed by atoms with Crippen molar-refractivity contribution in [3.63, 3.8) is 0 Å². The van der Waals surface area contributed by atoms with E-state index in [0.29, 0.717) is 11.3 Å². The van der Waals surface area contributed by atoms with Crippen molar-refractivity contribution in [1.82, 2.24) is 9.97 Å². The monoisotopic (exact) mass is 281 g/mol. The molecule has 2 aromatic rings. The van der Waals surface area contributed by atoms with Crippen molar-refractivity contribution in [3.05, 3.63) is 58.3 Å². The predicted molar refractivity (Wildman–Crippen MR) is 62.2 cm³/mol. The van der Waals surface area contributed by atoms with Crippen molar-refractivity contribution in [2.45, 2.75) is 6.04 Å². The standard InChI is InChI=1S/C11H9BrFN3/c12-9-2-1-7(13)5-8(9)11(14)10-6-15-3-4-16-10/h1-6,11H,14H2. The Bertz CT molecular complexity index is 490. The zero-order valence-electron chi connectivity index (χ0n) is 8.27. The van der Waals surface area contributed by atoms with E-state index in [1.807, 2.05) is 0 Å². The highest BCUT2D eigenvalue weighted by Crippen LogP contribution is 2.26. The number of nitrogens with two attached hydrogens (primary N) is 1. The number of hydrogen-bond acceptors (Lipinski definition) is 3. The maximum absolute atomic E-state index is 13.1. The van der Waals surface area contributed by atoms with Gasteiger partial charge in [-0.3, -0.25) is 9.97 Å². The van der Waals surface area contributed by atoms with Crippen LogP contribution in [0.15, 0.2) is 41.3 Å². The number of hydrogen-bond donors (Lipinski definition) is 1. The molecule has 1 atom stereocenters. The molecule has 0 aliphatic carbocycles. The summed E-state index contributed by atoms with van der Waals surface area (Å²) in [6, 6.07) is 3.90. The van der Waals surface area contributed by atoms with Gasteiger partial charge < -0.3 is 5.73 Å². The summed E-state index contributed by atoms with van der Waals surface area (Å²) in [6.07, 6.45) is 4.70. The molecule has 1 aromatic carbocycles. The van der Waals surface area contributed by atoms with Crippen LogP contribution in [-0.4, -0.2) is 9.97 Å². The van der Waals surface area contributed by atoms with Crippen LogP contribution in [0.3, 0.4) is 0 Å². The normalized spacial score (nSPS) is 12.4. The summed E-state index contributed by atoms with van der Waals surface area (Å²) in [4.78, 5) is 8.03. The first-order chi connectivity index (χ1) is 7.68. The summed E-state index contributed by atoms with van der Waals surface area (Å²) < 4.78 is 13.9. The van der Waals surface area contributed by atoms with Crippen molar-refractivity contribution in [3.8, 4) is 0 Å². The first kappa shape index (κ1) is 11.2. The van der Waals surface area contributed by atoms with Gasteiger partial charge in [-0.05, 0) is 23.8 Å². The van der Waals surface area contributed by atoms with Crippen LogP contribution in [0.4, 0.5) is 4.39 Å². The molecule has 0 fully saturated rings. The minimum absolute atomic E-state index is 0.322. The van der Waals surface area contributed by atoms with E-state index in [1.165, 1.54) is 12.1 Å². The van der Waals surface area contributed by atoms with E-state index in [4.69, 9.17) is 5.73 Å². The summed E-state index contributed by atoms with van der Waals surface area (Å²) in [5.74, 6) is -0.322. The molecule has 0 bridgehead atoms. The highest BCUT2D eigenvalue weighted by atomic mass is 79.9. The van der Waals surface area contributed by atoms with Crippen molar-refractivity contribution >= 4 is 15.9 Å². The van der Waals surface area contributed by atoms with Crippen LogP contribution in [0.2, 0.25) is 0 Å². The minimum Gasteiger partial charge on any atom is -0.319 e. The Morgan fingerprint density at radius 2 is 2.12 bits per heavy atom. The van der Waals surface area contributed by atoms with Gasteiger partial charge in [-0.1, -0.05) is 15.9 Å². The first-order valence-electron chi connectivity index (χ1n) is 4.65. The molecule has 0 radical (unpaired) electrons. The van der Waals surface area contributed by atoms with Gasteiger partial charge in [0.25, 0.3) is 0 Å². The Labute approximate surface area is 101 Å². The van der Waals surface area contributed by atoms with Crippen LogP contribution >= 0.6 is 15.9 Å². The molecule has 1 unspecified atom stereocenters. The molecule has 0 aliphatic heterocycles. The average Bonchev–Trinajstić information content (AvgIpc) is 2.32. The van der Waals surface area contributed by atoms with Gasteiger partial charge in [0.1, 0.15) is 5.82 Å². The molecule has 0 amide bonds.